The van der Waals surface area contributed by atoms with Gasteiger partial charge >= 0.3 is 12.2 Å². The first-order chi connectivity index (χ1) is 17.5. The Bertz CT molecular complexity index is 576. The van der Waals surface area contributed by atoms with Crippen molar-refractivity contribution in [3.05, 3.63) is 8.06 Å². The van der Waals surface area contributed by atoms with Gasteiger partial charge in [0.05, 0.1) is 0 Å². The largest absolute Gasteiger partial charge is 0.444 e. The lowest BCUT2D eigenvalue weighted by molar-refractivity contribution is 0.153. The van der Waals surface area contributed by atoms with Crippen LogP contribution in [-0.2, 0) is 9.47 Å². The quantitative estimate of drug-likeness (QED) is 0.0783. The van der Waals surface area contributed by atoms with Gasteiger partial charge in [0.25, 0.3) is 0 Å². The van der Waals surface area contributed by atoms with Gasteiger partial charge in [-0.2, -0.15) is 0 Å². The van der Waals surface area contributed by atoms with Gasteiger partial charge in [-0.1, -0.05) is 133 Å². The van der Waals surface area contributed by atoms with Crippen LogP contribution in [0.1, 0.15) is 129 Å². The van der Waals surface area contributed by atoms with Gasteiger partial charge in [-0.15, -0.1) is 0 Å². The topological polar surface area (TPSA) is 76.7 Å². The number of hydrogen-bond acceptors (Lipinski definition) is 4. The Hall–Kier alpha value is -0.510. The van der Waals surface area contributed by atoms with E-state index in [4.69, 9.17) is 9.47 Å². The average Bonchev–Trinajstić information content (AvgIpc) is 2.87. The van der Waals surface area contributed by atoms with Gasteiger partial charge in [-0.25, -0.2) is 9.59 Å². The number of alkyl carbamates (subject to hydrolysis) is 2. The molecule has 0 unspecified atom stereocenters. The van der Waals surface area contributed by atoms with Crippen molar-refractivity contribution >= 4 is 50.7 Å². The third kappa shape index (κ3) is 25.2. The highest BCUT2D eigenvalue weighted by molar-refractivity contribution is 14.1. The Labute approximate surface area is 243 Å². The van der Waals surface area contributed by atoms with Gasteiger partial charge in [0, 0.05) is 21.2 Å². The zero-order chi connectivity index (χ0) is 26.7. The summed E-state index contributed by atoms with van der Waals surface area (Å²) in [5.41, 5.74) is 0. The van der Waals surface area contributed by atoms with E-state index >= 15 is 0 Å². The van der Waals surface area contributed by atoms with Crippen LogP contribution in [0.15, 0.2) is 8.06 Å². The molecule has 0 aliphatic carbocycles. The van der Waals surface area contributed by atoms with Crippen LogP contribution >= 0.6 is 38.5 Å². The van der Waals surface area contributed by atoms with Crippen LogP contribution in [0, 0.1) is 0 Å². The Morgan fingerprint density at radius 2 is 0.944 bits per heavy atom. The summed E-state index contributed by atoms with van der Waals surface area (Å²) < 4.78 is 11.8. The third-order valence-corrected chi connectivity index (χ3v) is 8.46. The molecular formula is C28H52BrIN2O4. The van der Waals surface area contributed by atoms with E-state index in [9.17, 15) is 9.59 Å². The van der Waals surface area contributed by atoms with Crippen molar-refractivity contribution in [3.63, 3.8) is 0 Å². The average molecular weight is 688 g/mol. The lowest BCUT2D eigenvalue weighted by Gasteiger charge is -2.09. The summed E-state index contributed by atoms with van der Waals surface area (Å²) in [5, 5.41) is 5.50. The molecule has 0 aliphatic heterocycles. The fourth-order valence-corrected chi connectivity index (χ4v) is 4.29. The molecular weight excluding hydrogens is 635 g/mol. The number of ether oxygens (including phenoxy) is 2. The summed E-state index contributed by atoms with van der Waals surface area (Å²) in [5.74, 6) is 0. The van der Waals surface area contributed by atoms with E-state index in [1.165, 1.54) is 89.9 Å². The lowest BCUT2D eigenvalue weighted by Crippen LogP contribution is -2.26. The van der Waals surface area contributed by atoms with Gasteiger partial charge in [-0.3, -0.25) is 0 Å². The van der Waals surface area contributed by atoms with E-state index in [0.717, 1.165) is 29.3 Å². The molecule has 0 aliphatic rings. The Morgan fingerprint density at radius 1 is 0.583 bits per heavy atom. The van der Waals surface area contributed by atoms with E-state index < -0.39 is 12.2 Å². The van der Waals surface area contributed by atoms with Gasteiger partial charge < -0.3 is 20.1 Å². The summed E-state index contributed by atoms with van der Waals surface area (Å²) in [6, 6.07) is 0. The molecule has 0 bridgehead atoms. The lowest BCUT2D eigenvalue weighted by atomic mass is 10.0. The highest BCUT2D eigenvalue weighted by Crippen LogP contribution is 2.19. The van der Waals surface area contributed by atoms with Crippen LogP contribution in [0.5, 0.6) is 0 Å². The van der Waals surface area contributed by atoms with Crippen LogP contribution in [0.2, 0.25) is 0 Å². The fraction of sp³-hybridized carbons (Fsp3) is 0.857. The van der Waals surface area contributed by atoms with Crippen molar-refractivity contribution in [2.24, 2.45) is 0 Å². The zero-order valence-corrected chi connectivity index (χ0v) is 26.7. The van der Waals surface area contributed by atoms with Crippen molar-refractivity contribution < 1.29 is 19.1 Å². The third-order valence-electron chi connectivity index (χ3n) is 6.05. The number of halogens is 2. The standard InChI is InChI=1S/C28H52BrIN2O4/c1-3-5-7-8-9-10-11-12-13-14-15-16-17-18-19-20-22-32-28(34)36-24-26(30)25(29)23-35-27(33)31-21-6-4-2/h3-24H2,1-2H3,(H,31,33)(H,32,34)/b26-25+. The maximum absolute atomic E-state index is 11.9. The van der Waals surface area contributed by atoms with E-state index in [1.807, 2.05) is 0 Å². The molecule has 0 fully saturated rings. The molecule has 2 amide bonds. The molecule has 36 heavy (non-hydrogen) atoms. The minimum Gasteiger partial charge on any atom is -0.444 e. The summed E-state index contributed by atoms with van der Waals surface area (Å²) >= 11 is 5.47. The van der Waals surface area contributed by atoms with Crippen molar-refractivity contribution in [1.29, 1.82) is 0 Å². The smallest absolute Gasteiger partial charge is 0.407 e. The van der Waals surface area contributed by atoms with Crippen molar-refractivity contribution in [3.8, 4) is 0 Å². The first-order valence-electron chi connectivity index (χ1n) is 14.4. The van der Waals surface area contributed by atoms with Crippen molar-refractivity contribution in [2.75, 3.05) is 26.3 Å². The molecule has 0 atom stereocenters. The predicted molar refractivity (Wildman–Crippen MR) is 163 cm³/mol. The van der Waals surface area contributed by atoms with E-state index in [1.54, 1.807) is 0 Å². The summed E-state index contributed by atoms with van der Waals surface area (Å²) in [4.78, 5) is 23.4. The molecule has 0 aromatic rings. The van der Waals surface area contributed by atoms with Crippen LogP contribution in [0.4, 0.5) is 9.59 Å². The maximum atomic E-state index is 11.9. The van der Waals surface area contributed by atoms with Crippen LogP contribution in [0.25, 0.3) is 0 Å². The molecule has 0 radical (unpaired) electrons. The maximum Gasteiger partial charge on any atom is 0.407 e. The monoisotopic (exact) mass is 686 g/mol. The van der Waals surface area contributed by atoms with Gasteiger partial charge in [0.15, 0.2) is 0 Å². The zero-order valence-electron chi connectivity index (χ0n) is 22.9. The number of hydrogen-bond donors (Lipinski definition) is 2. The van der Waals surface area contributed by atoms with Crippen molar-refractivity contribution in [1.82, 2.24) is 10.6 Å². The molecule has 8 heteroatoms. The van der Waals surface area contributed by atoms with Gasteiger partial charge in [0.2, 0.25) is 0 Å². The van der Waals surface area contributed by atoms with Crippen LogP contribution < -0.4 is 10.6 Å². The number of amides is 2. The number of rotatable bonds is 24. The van der Waals surface area contributed by atoms with Crippen molar-refractivity contribution in [2.45, 2.75) is 129 Å². The molecule has 6 nitrogen and oxygen atoms in total. The molecule has 2 N–H and O–H groups in total. The second-order valence-corrected chi connectivity index (χ2v) is 11.7. The Balaban J connectivity index is 3.51. The number of carbonyl (C=O) groups excluding carboxylic acids is 2. The van der Waals surface area contributed by atoms with Gasteiger partial charge in [0.1, 0.15) is 13.2 Å². The summed E-state index contributed by atoms with van der Waals surface area (Å²) in [6.45, 7) is 5.84. The van der Waals surface area contributed by atoms with Crippen LogP contribution in [0.3, 0.4) is 0 Å². The number of unbranched alkanes of at least 4 members (excludes halogenated alkanes) is 16. The van der Waals surface area contributed by atoms with E-state index in [0.29, 0.717) is 17.6 Å². The summed E-state index contributed by atoms with van der Waals surface area (Å²) in [7, 11) is 0. The first kappa shape index (κ1) is 35.5. The molecule has 0 saturated carbocycles. The molecule has 0 aromatic heterocycles. The molecule has 0 aromatic carbocycles. The minimum atomic E-state index is -0.443. The first-order valence-corrected chi connectivity index (χ1v) is 16.2. The molecule has 0 saturated heterocycles. The highest BCUT2D eigenvalue weighted by atomic mass is 127. The SMILES string of the molecule is CCCCCCCCCCCCCCCCCCNC(=O)OC/C(I)=C(\Br)COC(=O)NCCCC. The molecule has 0 rings (SSSR count). The molecule has 0 spiro atoms. The van der Waals surface area contributed by atoms with Crippen LogP contribution in [-0.4, -0.2) is 38.5 Å². The predicted octanol–water partition coefficient (Wildman–Crippen LogP) is 9.54. The number of carbonyl (C=O) groups is 2. The fourth-order valence-electron chi connectivity index (χ4n) is 3.75. The molecule has 212 valence electrons. The Kier molecular flexibility index (Phi) is 27.1. The minimum absolute atomic E-state index is 0.112. The second kappa shape index (κ2) is 27.5. The number of nitrogens with one attached hydrogen (secondary N) is 2. The van der Waals surface area contributed by atoms with Gasteiger partial charge in [-0.05, 0) is 35.4 Å². The normalized spacial score (nSPS) is 11.7. The van der Waals surface area contributed by atoms with E-state index in [2.05, 4.69) is 63.0 Å². The Morgan fingerprint density at radius 3 is 1.39 bits per heavy atom. The molecule has 0 heterocycles. The van der Waals surface area contributed by atoms with E-state index in [-0.39, 0.29) is 13.2 Å². The summed E-state index contributed by atoms with van der Waals surface area (Å²) in [6.07, 6.45) is 22.4. The second-order valence-electron chi connectivity index (χ2n) is 9.47. The highest BCUT2D eigenvalue weighted by Gasteiger charge is 2.08.